The van der Waals surface area contributed by atoms with E-state index in [0.717, 1.165) is 5.56 Å². The molecule has 2 heterocycles. The number of hydrogen-bond acceptors (Lipinski definition) is 4. The van der Waals surface area contributed by atoms with Crippen LogP contribution in [0.15, 0.2) is 30.5 Å². The van der Waals surface area contributed by atoms with Crippen molar-refractivity contribution < 1.29 is 18.5 Å². The smallest absolute Gasteiger partial charge is 0.399 e. The molecule has 142 valence electrons. The second kappa shape index (κ2) is 6.73. The molecule has 0 bridgehead atoms. The third-order valence-electron chi connectivity index (χ3n) is 5.33. The summed E-state index contributed by atoms with van der Waals surface area (Å²) in [4.78, 5) is 15.8. The lowest BCUT2D eigenvalue weighted by Crippen LogP contribution is -2.41. The van der Waals surface area contributed by atoms with Crippen molar-refractivity contribution in [3.05, 3.63) is 41.8 Å². The summed E-state index contributed by atoms with van der Waals surface area (Å²) in [5.74, 6) is -0.614. The number of nitrogens with zero attached hydrogens (tertiary/aromatic N) is 1. The second-order valence-corrected chi connectivity index (χ2v) is 7.80. The topological polar surface area (TPSA) is 60.5 Å². The predicted molar refractivity (Wildman–Crippen MR) is 104 cm³/mol. The molecule has 3 rings (SSSR count). The number of aromatic nitrogens is 1. The molecule has 0 saturated carbocycles. The summed E-state index contributed by atoms with van der Waals surface area (Å²) >= 11 is 0. The summed E-state index contributed by atoms with van der Waals surface area (Å²) in [6.07, 6.45) is 1.55. The maximum atomic E-state index is 14.5. The Morgan fingerprint density at radius 3 is 2.33 bits per heavy atom. The highest BCUT2D eigenvalue weighted by Crippen LogP contribution is 2.38. The zero-order valence-electron chi connectivity index (χ0n) is 16.5. The molecule has 1 aromatic heterocycles. The highest BCUT2D eigenvalue weighted by atomic mass is 19.1. The average molecular weight is 370 g/mol. The molecule has 0 unspecified atom stereocenters. The highest BCUT2D eigenvalue weighted by molar-refractivity contribution is 6.64. The molecule has 1 aliphatic rings. The summed E-state index contributed by atoms with van der Waals surface area (Å²) in [6.45, 7) is 11.1. The van der Waals surface area contributed by atoms with E-state index in [1.807, 2.05) is 34.6 Å². The number of halogens is 1. The summed E-state index contributed by atoms with van der Waals surface area (Å²) in [5, 5.41) is 2.81. The Balaban J connectivity index is 2.20. The maximum absolute atomic E-state index is 14.5. The number of anilines is 1. The number of benzene rings is 1. The van der Waals surface area contributed by atoms with E-state index < -0.39 is 24.1 Å². The van der Waals surface area contributed by atoms with Crippen LogP contribution in [0.4, 0.5) is 10.1 Å². The first-order chi connectivity index (χ1) is 12.5. The van der Waals surface area contributed by atoms with Gasteiger partial charge >= 0.3 is 7.12 Å². The van der Waals surface area contributed by atoms with Crippen molar-refractivity contribution in [2.45, 2.75) is 52.7 Å². The summed E-state index contributed by atoms with van der Waals surface area (Å²) < 4.78 is 26.9. The van der Waals surface area contributed by atoms with Crippen LogP contribution in [-0.2, 0) is 14.1 Å². The van der Waals surface area contributed by atoms with Crippen molar-refractivity contribution in [1.29, 1.82) is 0 Å². The molecule has 1 fully saturated rings. The minimum atomic E-state index is -0.708. The number of carbonyl (C=O) groups is 1. The summed E-state index contributed by atoms with van der Waals surface area (Å²) in [5.41, 5.74) is 1.76. The quantitative estimate of drug-likeness (QED) is 0.841. The molecule has 1 N–H and O–H groups in total. The van der Waals surface area contributed by atoms with E-state index in [2.05, 4.69) is 10.3 Å². The monoisotopic (exact) mass is 370 g/mol. The van der Waals surface area contributed by atoms with Gasteiger partial charge in [0.05, 0.1) is 11.2 Å². The van der Waals surface area contributed by atoms with E-state index in [-0.39, 0.29) is 11.6 Å². The number of hydrogen-bond donors (Lipinski definition) is 1. The largest absolute Gasteiger partial charge is 0.495 e. The molecule has 1 saturated heterocycles. The van der Waals surface area contributed by atoms with Gasteiger partial charge in [-0.3, -0.25) is 9.78 Å². The fourth-order valence-corrected chi connectivity index (χ4v) is 3.11. The van der Waals surface area contributed by atoms with Crippen molar-refractivity contribution in [1.82, 2.24) is 4.98 Å². The lowest BCUT2D eigenvalue weighted by Gasteiger charge is -2.32. The van der Waals surface area contributed by atoms with E-state index in [1.165, 1.54) is 13.0 Å². The Kier molecular flexibility index (Phi) is 4.86. The first-order valence-corrected chi connectivity index (χ1v) is 8.91. The molecule has 1 amide bonds. The fourth-order valence-electron chi connectivity index (χ4n) is 3.11. The first-order valence-electron chi connectivity index (χ1n) is 8.91. The number of rotatable bonds is 3. The fraction of sp³-hybridized carbons (Fsp3) is 0.400. The molecular weight excluding hydrogens is 346 g/mol. The molecule has 0 aliphatic carbocycles. The molecular formula is C20H24BFN2O3. The van der Waals surface area contributed by atoms with Gasteiger partial charge in [-0.25, -0.2) is 4.39 Å². The molecule has 27 heavy (non-hydrogen) atoms. The Morgan fingerprint density at radius 1 is 1.15 bits per heavy atom. The lowest BCUT2D eigenvalue weighted by molar-refractivity contribution is -0.114. The molecule has 7 heteroatoms. The minimum Gasteiger partial charge on any atom is -0.399 e. The van der Waals surface area contributed by atoms with E-state index >= 15 is 0 Å². The standard InChI is InChI=1S/C20H24BFN2O3/c1-12-16(24-13(2)25)10-9-14(18-15(22)8-7-11-23-18)17(12)21-26-19(3,4)20(5,6)27-21/h7-11H,1-6H3,(H,24,25). The van der Waals surface area contributed by atoms with Gasteiger partial charge in [-0.2, -0.15) is 0 Å². The van der Waals surface area contributed by atoms with Crippen molar-refractivity contribution in [2.75, 3.05) is 5.32 Å². The van der Waals surface area contributed by atoms with Crippen molar-refractivity contribution in [3.8, 4) is 11.3 Å². The van der Waals surface area contributed by atoms with Crippen LogP contribution in [0.2, 0.25) is 0 Å². The highest BCUT2D eigenvalue weighted by Gasteiger charge is 2.53. The van der Waals surface area contributed by atoms with Crippen LogP contribution in [0.5, 0.6) is 0 Å². The van der Waals surface area contributed by atoms with Gasteiger partial charge < -0.3 is 14.6 Å². The van der Waals surface area contributed by atoms with Crippen molar-refractivity contribution in [2.24, 2.45) is 0 Å². The molecule has 5 nitrogen and oxygen atoms in total. The Morgan fingerprint density at radius 2 is 1.78 bits per heavy atom. The van der Waals surface area contributed by atoms with E-state index in [9.17, 15) is 9.18 Å². The van der Waals surface area contributed by atoms with E-state index in [0.29, 0.717) is 16.7 Å². The van der Waals surface area contributed by atoms with Gasteiger partial charge in [0.2, 0.25) is 5.91 Å². The minimum absolute atomic E-state index is 0.185. The third-order valence-corrected chi connectivity index (χ3v) is 5.33. The lowest BCUT2D eigenvalue weighted by atomic mass is 9.72. The van der Waals surface area contributed by atoms with Crippen LogP contribution in [0.3, 0.4) is 0 Å². The van der Waals surface area contributed by atoms with Crippen LogP contribution in [0, 0.1) is 12.7 Å². The normalized spacial score (nSPS) is 17.8. The maximum Gasteiger partial charge on any atom is 0.495 e. The van der Waals surface area contributed by atoms with Gasteiger partial charge in [-0.15, -0.1) is 0 Å². The van der Waals surface area contributed by atoms with Gasteiger partial charge in [0.25, 0.3) is 0 Å². The summed E-state index contributed by atoms with van der Waals surface area (Å²) in [6, 6.07) is 6.40. The molecule has 0 radical (unpaired) electrons. The Labute approximate surface area is 159 Å². The molecule has 2 aromatic rings. The number of pyridine rings is 1. The van der Waals surface area contributed by atoms with Crippen molar-refractivity contribution in [3.63, 3.8) is 0 Å². The molecule has 0 atom stereocenters. The molecule has 0 spiro atoms. The van der Waals surface area contributed by atoms with Crippen LogP contribution < -0.4 is 10.8 Å². The summed E-state index contributed by atoms with van der Waals surface area (Å²) in [7, 11) is -0.708. The first kappa shape index (κ1) is 19.5. The third kappa shape index (κ3) is 3.49. The van der Waals surface area contributed by atoms with E-state index in [1.54, 1.807) is 24.4 Å². The van der Waals surface area contributed by atoms with Gasteiger partial charge in [0, 0.05) is 24.4 Å². The molecule has 1 aromatic carbocycles. The number of carbonyl (C=O) groups excluding carboxylic acids is 1. The van der Waals surface area contributed by atoms with Crippen LogP contribution in [-0.4, -0.2) is 29.2 Å². The van der Waals surface area contributed by atoms with Gasteiger partial charge in [0.1, 0.15) is 11.5 Å². The average Bonchev–Trinajstić information content (AvgIpc) is 2.77. The zero-order chi connectivity index (χ0) is 20.0. The van der Waals surface area contributed by atoms with Crippen LogP contribution in [0.25, 0.3) is 11.3 Å². The number of amides is 1. The van der Waals surface area contributed by atoms with Gasteiger partial charge in [-0.1, -0.05) is 6.07 Å². The van der Waals surface area contributed by atoms with Crippen LogP contribution >= 0.6 is 0 Å². The molecule has 1 aliphatic heterocycles. The van der Waals surface area contributed by atoms with Gasteiger partial charge in [0.15, 0.2) is 0 Å². The Bertz CT molecular complexity index is 883. The predicted octanol–water partition coefficient (Wildman–Crippen LogP) is 3.45. The van der Waals surface area contributed by atoms with E-state index in [4.69, 9.17) is 9.31 Å². The van der Waals surface area contributed by atoms with Crippen LogP contribution in [0.1, 0.15) is 40.2 Å². The number of nitrogens with one attached hydrogen (secondary N) is 1. The van der Waals surface area contributed by atoms with Gasteiger partial charge in [-0.05, 0) is 63.8 Å². The van der Waals surface area contributed by atoms with Crippen molar-refractivity contribution >= 4 is 24.2 Å². The Hall–Kier alpha value is -2.25. The zero-order valence-corrected chi connectivity index (χ0v) is 16.5. The SMILES string of the molecule is CC(=O)Nc1ccc(-c2ncccc2F)c(B2OC(C)(C)C(C)(C)O2)c1C. The second-order valence-electron chi connectivity index (χ2n) is 7.80.